The molecule has 1 heterocycles. The Balaban J connectivity index is 1.63. The second kappa shape index (κ2) is 7.40. The molecule has 4 rings (SSSR count). The SMILES string of the molecule is N#Cc1ccc(O[C@@H]2c3ccccc3CC2N2CC[C@H](CN)C2)c(Br)c1. The van der Waals surface area contributed by atoms with Crippen molar-refractivity contribution in [2.75, 3.05) is 19.6 Å². The lowest BCUT2D eigenvalue weighted by Gasteiger charge is -2.30. The number of likely N-dealkylation sites (tertiary alicyclic amines) is 1. The van der Waals surface area contributed by atoms with Crippen molar-refractivity contribution >= 4 is 15.9 Å². The predicted molar refractivity (Wildman–Crippen MR) is 105 cm³/mol. The van der Waals surface area contributed by atoms with E-state index >= 15 is 0 Å². The molecular weight excluding hydrogens is 390 g/mol. The first-order valence-electron chi connectivity index (χ1n) is 9.08. The number of nitriles is 1. The van der Waals surface area contributed by atoms with Crippen molar-refractivity contribution in [1.29, 1.82) is 5.26 Å². The van der Waals surface area contributed by atoms with E-state index in [1.54, 1.807) is 6.07 Å². The molecule has 2 aliphatic rings. The van der Waals surface area contributed by atoms with Crippen LogP contribution in [0.5, 0.6) is 5.75 Å². The first-order chi connectivity index (χ1) is 12.7. The van der Waals surface area contributed by atoms with E-state index in [0.717, 1.165) is 42.7 Å². The number of rotatable bonds is 4. The molecule has 1 aliphatic carbocycles. The lowest BCUT2D eigenvalue weighted by atomic mass is 10.1. The summed E-state index contributed by atoms with van der Waals surface area (Å²) in [6.07, 6.45) is 2.16. The monoisotopic (exact) mass is 411 g/mol. The molecule has 2 aromatic carbocycles. The van der Waals surface area contributed by atoms with Gasteiger partial charge in [-0.15, -0.1) is 0 Å². The van der Waals surface area contributed by atoms with Crippen LogP contribution in [-0.4, -0.2) is 30.6 Å². The number of halogens is 1. The van der Waals surface area contributed by atoms with E-state index in [4.69, 9.17) is 15.7 Å². The zero-order chi connectivity index (χ0) is 18.1. The fraction of sp³-hybridized carbons (Fsp3) is 0.381. The fourth-order valence-corrected chi connectivity index (χ4v) is 4.63. The minimum absolute atomic E-state index is 0.00744. The first-order valence-corrected chi connectivity index (χ1v) is 9.87. The van der Waals surface area contributed by atoms with Gasteiger partial charge in [0.05, 0.1) is 22.1 Å². The van der Waals surface area contributed by atoms with E-state index in [2.05, 4.69) is 51.2 Å². The predicted octanol–water partition coefficient (Wildman–Crippen LogP) is 3.65. The summed E-state index contributed by atoms with van der Waals surface area (Å²) < 4.78 is 7.32. The average molecular weight is 412 g/mol. The molecule has 0 radical (unpaired) electrons. The molecule has 1 saturated heterocycles. The fourth-order valence-electron chi connectivity index (χ4n) is 4.16. The summed E-state index contributed by atoms with van der Waals surface area (Å²) in [6, 6.07) is 16.5. The molecule has 26 heavy (non-hydrogen) atoms. The largest absolute Gasteiger partial charge is 0.483 e. The summed E-state index contributed by atoms with van der Waals surface area (Å²) in [6.45, 7) is 2.88. The average Bonchev–Trinajstić information content (AvgIpc) is 3.28. The summed E-state index contributed by atoms with van der Waals surface area (Å²) >= 11 is 3.55. The number of nitrogens with two attached hydrogens (primary N) is 1. The molecule has 5 heteroatoms. The summed E-state index contributed by atoms with van der Waals surface area (Å²) in [5.41, 5.74) is 9.15. The van der Waals surface area contributed by atoms with Gasteiger partial charge < -0.3 is 10.5 Å². The van der Waals surface area contributed by atoms with Crippen LogP contribution in [0.2, 0.25) is 0 Å². The van der Waals surface area contributed by atoms with Crippen LogP contribution >= 0.6 is 15.9 Å². The highest BCUT2D eigenvalue weighted by Gasteiger charge is 2.40. The number of nitrogens with zero attached hydrogens (tertiary/aromatic N) is 2. The van der Waals surface area contributed by atoms with E-state index in [9.17, 15) is 0 Å². The van der Waals surface area contributed by atoms with Crippen molar-refractivity contribution in [3.05, 3.63) is 63.6 Å². The molecule has 0 aromatic heterocycles. The van der Waals surface area contributed by atoms with E-state index in [-0.39, 0.29) is 6.10 Å². The van der Waals surface area contributed by atoms with Crippen molar-refractivity contribution < 1.29 is 4.74 Å². The first kappa shape index (κ1) is 17.5. The van der Waals surface area contributed by atoms with Crippen LogP contribution in [0.4, 0.5) is 0 Å². The third kappa shape index (κ3) is 3.25. The number of hydrogen-bond acceptors (Lipinski definition) is 4. The number of benzene rings is 2. The maximum Gasteiger partial charge on any atom is 0.140 e. The minimum atomic E-state index is -0.00744. The maximum atomic E-state index is 9.07. The summed E-state index contributed by atoms with van der Waals surface area (Å²) in [4.78, 5) is 2.54. The highest BCUT2D eigenvalue weighted by molar-refractivity contribution is 9.10. The Hall–Kier alpha value is -1.87. The minimum Gasteiger partial charge on any atom is -0.483 e. The van der Waals surface area contributed by atoms with Gasteiger partial charge in [0.1, 0.15) is 11.9 Å². The van der Waals surface area contributed by atoms with Crippen LogP contribution < -0.4 is 10.5 Å². The molecule has 2 aromatic rings. The molecule has 2 N–H and O–H groups in total. The number of fused-ring (bicyclic) bond motifs is 1. The van der Waals surface area contributed by atoms with Gasteiger partial charge >= 0.3 is 0 Å². The Bertz CT molecular complexity index is 847. The van der Waals surface area contributed by atoms with Crippen LogP contribution in [0, 0.1) is 17.2 Å². The Kier molecular flexibility index (Phi) is 4.99. The van der Waals surface area contributed by atoms with Gasteiger partial charge in [0.15, 0.2) is 0 Å². The zero-order valence-electron chi connectivity index (χ0n) is 14.6. The third-order valence-corrected chi connectivity index (χ3v) is 6.19. The van der Waals surface area contributed by atoms with Crippen molar-refractivity contribution in [1.82, 2.24) is 4.90 Å². The Labute approximate surface area is 162 Å². The highest BCUT2D eigenvalue weighted by Crippen LogP contribution is 2.41. The molecule has 134 valence electrons. The molecule has 1 fully saturated rings. The molecule has 0 saturated carbocycles. The van der Waals surface area contributed by atoms with E-state index in [0.29, 0.717) is 17.5 Å². The van der Waals surface area contributed by atoms with E-state index < -0.39 is 0 Å². The summed E-state index contributed by atoms with van der Waals surface area (Å²) in [7, 11) is 0. The molecule has 3 atom stereocenters. The van der Waals surface area contributed by atoms with Gasteiger partial charge in [-0.1, -0.05) is 24.3 Å². The van der Waals surface area contributed by atoms with Crippen molar-refractivity contribution in [2.45, 2.75) is 25.0 Å². The van der Waals surface area contributed by atoms with Crippen LogP contribution in [0.15, 0.2) is 46.9 Å². The lowest BCUT2D eigenvalue weighted by Crippen LogP contribution is -2.39. The Morgan fingerprint density at radius 1 is 1.27 bits per heavy atom. The van der Waals surface area contributed by atoms with Crippen LogP contribution in [0.1, 0.15) is 29.2 Å². The Morgan fingerprint density at radius 2 is 2.12 bits per heavy atom. The van der Waals surface area contributed by atoms with Crippen molar-refractivity contribution in [3.63, 3.8) is 0 Å². The van der Waals surface area contributed by atoms with Crippen LogP contribution in [-0.2, 0) is 6.42 Å². The van der Waals surface area contributed by atoms with Gasteiger partial charge in [-0.05, 0) is 77.1 Å². The quantitative estimate of drug-likeness (QED) is 0.833. The maximum absolute atomic E-state index is 9.07. The van der Waals surface area contributed by atoms with Gasteiger partial charge in [0, 0.05) is 6.54 Å². The highest BCUT2D eigenvalue weighted by atomic mass is 79.9. The molecule has 0 bridgehead atoms. The third-order valence-electron chi connectivity index (χ3n) is 5.57. The van der Waals surface area contributed by atoms with Gasteiger partial charge in [0.25, 0.3) is 0 Å². The van der Waals surface area contributed by atoms with Crippen molar-refractivity contribution in [2.24, 2.45) is 11.7 Å². The molecule has 0 amide bonds. The summed E-state index contributed by atoms with van der Waals surface area (Å²) in [5, 5.41) is 9.07. The normalized spacial score (nSPS) is 25.0. The van der Waals surface area contributed by atoms with Crippen molar-refractivity contribution in [3.8, 4) is 11.8 Å². The molecule has 4 nitrogen and oxygen atoms in total. The molecular formula is C21H22BrN3O. The van der Waals surface area contributed by atoms with Gasteiger partial charge in [-0.25, -0.2) is 0 Å². The number of ether oxygens (including phenoxy) is 1. The zero-order valence-corrected chi connectivity index (χ0v) is 16.2. The molecule has 1 unspecified atom stereocenters. The van der Waals surface area contributed by atoms with Crippen LogP contribution in [0.25, 0.3) is 0 Å². The number of hydrogen-bond donors (Lipinski definition) is 1. The topological polar surface area (TPSA) is 62.3 Å². The molecule has 0 spiro atoms. The standard InChI is InChI=1S/C21H22BrN3O/c22-18-9-14(11-23)5-6-20(18)26-21-17-4-2-1-3-16(17)10-19(21)25-8-7-15(12-24)13-25/h1-6,9,15,19,21H,7-8,10,12-13,24H2/t15-,19?,21-/m1/s1. The summed E-state index contributed by atoms with van der Waals surface area (Å²) in [5.74, 6) is 1.37. The van der Waals surface area contributed by atoms with Gasteiger partial charge in [-0.3, -0.25) is 4.90 Å². The second-order valence-corrected chi connectivity index (χ2v) is 8.01. The molecule has 1 aliphatic heterocycles. The van der Waals surface area contributed by atoms with E-state index in [1.807, 2.05) is 12.1 Å². The van der Waals surface area contributed by atoms with Gasteiger partial charge in [-0.2, -0.15) is 5.26 Å². The smallest absolute Gasteiger partial charge is 0.140 e. The van der Waals surface area contributed by atoms with Gasteiger partial charge in [0.2, 0.25) is 0 Å². The van der Waals surface area contributed by atoms with E-state index in [1.165, 1.54) is 11.1 Å². The Morgan fingerprint density at radius 3 is 2.85 bits per heavy atom. The second-order valence-electron chi connectivity index (χ2n) is 7.15. The lowest BCUT2D eigenvalue weighted by molar-refractivity contribution is 0.0911. The van der Waals surface area contributed by atoms with Crippen LogP contribution in [0.3, 0.4) is 0 Å².